The molecule has 2 unspecified atom stereocenters. The number of benzene rings is 1. The molecule has 0 amide bonds. The van der Waals surface area contributed by atoms with E-state index in [1.807, 2.05) is 11.8 Å². The van der Waals surface area contributed by atoms with Gasteiger partial charge in [-0.1, -0.05) is 0 Å². The van der Waals surface area contributed by atoms with Crippen LogP contribution < -0.4 is 14.8 Å². The van der Waals surface area contributed by atoms with Crippen molar-refractivity contribution < 1.29 is 27.8 Å². The van der Waals surface area contributed by atoms with Crippen molar-refractivity contribution in [1.29, 1.82) is 0 Å². The molecule has 0 bridgehead atoms. The third-order valence-electron chi connectivity index (χ3n) is 5.18. The number of hydrogen-bond donors (Lipinski definition) is 2. The summed E-state index contributed by atoms with van der Waals surface area (Å²) in [5, 5.41) is 13.8. The number of aliphatic hydroxyl groups excluding tert-OH is 1. The summed E-state index contributed by atoms with van der Waals surface area (Å²) < 4.78 is 49.4. The van der Waals surface area contributed by atoms with Crippen LogP contribution in [0.25, 0.3) is 0 Å². The second kappa shape index (κ2) is 10.7. The molecule has 1 aromatic rings. The molecule has 2 rings (SSSR count). The molecule has 1 aliphatic heterocycles. The first-order valence-electron chi connectivity index (χ1n) is 9.95. The molecule has 10 heteroatoms. The molecule has 0 radical (unpaired) electrons. The molecule has 30 heavy (non-hydrogen) atoms. The van der Waals surface area contributed by atoms with E-state index in [4.69, 9.17) is 9.47 Å². The molecular weight excluding hydrogens is 401 g/mol. The molecule has 0 aliphatic carbocycles. The number of methoxy groups -OCH3 is 2. The molecule has 0 saturated carbocycles. The minimum Gasteiger partial charge on any atom is -0.497 e. The van der Waals surface area contributed by atoms with E-state index in [0.29, 0.717) is 42.7 Å². The van der Waals surface area contributed by atoms with Crippen LogP contribution in [0.1, 0.15) is 25.5 Å². The van der Waals surface area contributed by atoms with Crippen molar-refractivity contribution in [1.82, 2.24) is 15.1 Å². The molecule has 1 fully saturated rings. The number of nitrogens with zero attached hydrogens (tertiary/aromatic N) is 3. The predicted octanol–water partition coefficient (Wildman–Crippen LogP) is 2.27. The van der Waals surface area contributed by atoms with Crippen LogP contribution >= 0.6 is 0 Å². The van der Waals surface area contributed by atoms with Crippen molar-refractivity contribution >= 4 is 5.96 Å². The van der Waals surface area contributed by atoms with Crippen LogP contribution in [-0.2, 0) is 0 Å². The quantitative estimate of drug-likeness (QED) is 0.509. The van der Waals surface area contributed by atoms with E-state index >= 15 is 0 Å². The van der Waals surface area contributed by atoms with Crippen molar-refractivity contribution in [2.45, 2.75) is 32.2 Å². The molecule has 7 nitrogen and oxygen atoms in total. The van der Waals surface area contributed by atoms with Gasteiger partial charge in [-0.25, -0.2) is 0 Å². The SMILES string of the molecule is CCNC(=NCC(O)c1cc(OC)ccc1OC)N1CCN(C(C)C(F)(F)F)CC1. The Morgan fingerprint density at radius 1 is 1.20 bits per heavy atom. The van der Waals surface area contributed by atoms with E-state index in [1.165, 1.54) is 18.9 Å². The Kier molecular flexibility index (Phi) is 8.60. The molecule has 0 spiro atoms. The number of piperazine rings is 1. The molecular formula is C20H31F3N4O3. The molecule has 2 atom stereocenters. The number of rotatable bonds is 7. The third-order valence-corrected chi connectivity index (χ3v) is 5.18. The molecule has 1 saturated heterocycles. The summed E-state index contributed by atoms with van der Waals surface area (Å²) in [7, 11) is 3.06. The maximum atomic E-state index is 13.0. The van der Waals surface area contributed by atoms with E-state index in [-0.39, 0.29) is 19.6 Å². The van der Waals surface area contributed by atoms with Gasteiger partial charge in [0.1, 0.15) is 23.6 Å². The van der Waals surface area contributed by atoms with E-state index in [1.54, 1.807) is 25.3 Å². The lowest BCUT2D eigenvalue weighted by Crippen LogP contribution is -2.56. The van der Waals surface area contributed by atoms with E-state index in [9.17, 15) is 18.3 Å². The second-order valence-electron chi connectivity index (χ2n) is 7.06. The van der Waals surface area contributed by atoms with Gasteiger partial charge in [0.25, 0.3) is 0 Å². The smallest absolute Gasteiger partial charge is 0.403 e. The predicted molar refractivity (Wildman–Crippen MR) is 109 cm³/mol. The minimum absolute atomic E-state index is 0.0744. The Balaban J connectivity index is 2.06. The maximum absolute atomic E-state index is 13.0. The van der Waals surface area contributed by atoms with Crippen LogP contribution in [0.4, 0.5) is 13.2 Å². The Morgan fingerprint density at radius 3 is 2.40 bits per heavy atom. The summed E-state index contributed by atoms with van der Waals surface area (Å²) >= 11 is 0. The number of halogens is 3. The van der Waals surface area contributed by atoms with Gasteiger partial charge < -0.3 is 24.8 Å². The highest BCUT2D eigenvalue weighted by molar-refractivity contribution is 5.80. The molecule has 1 aromatic carbocycles. The van der Waals surface area contributed by atoms with Crippen LogP contribution in [0.5, 0.6) is 11.5 Å². The van der Waals surface area contributed by atoms with Crippen LogP contribution in [0.2, 0.25) is 0 Å². The fourth-order valence-electron chi connectivity index (χ4n) is 3.32. The number of aliphatic imine (C=N–C) groups is 1. The third kappa shape index (κ3) is 6.15. The second-order valence-corrected chi connectivity index (χ2v) is 7.06. The largest absolute Gasteiger partial charge is 0.497 e. The highest BCUT2D eigenvalue weighted by atomic mass is 19.4. The van der Waals surface area contributed by atoms with Crippen LogP contribution in [-0.4, -0.2) is 86.6 Å². The summed E-state index contributed by atoms with van der Waals surface area (Å²) in [6, 6.07) is 3.68. The highest BCUT2D eigenvalue weighted by Crippen LogP contribution is 2.29. The number of alkyl halides is 3. The maximum Gasteiger partial charge on any atom is 0.403 e. The van der Waals surface area contributed by atoms with Crippen molar-refractivity contribution in [2.75, 3.05) is 53.5 Å². The fourth-order valence-corrected chi connectivity index (χ4v) is 3.32. The number of guanidine groups is 1. The standard InChI is InChI=1S/C20H31F3N4O3/c1-5-24-19(27-10-8-26(9-11-27)14(2)20(21,22)23)25-13-17(28)16-12-15(29-3)6-7-18(16)30-4/h6-7,12,14,17,28H,5,8-11,13H2,1-4H3,(H,24,25). The Morgan fingerprint density at radius 2 is 1.87 bits per heavy atom. The highest BCUT2D eigenvalue weighted by Gasteiger charge is 2.41. The lowest BCUT2D eigenvalue weighted by Gasteiger charge is -2.39. The summed E-state index contributed by atoms with van der Waals surface area (Å²) in [4.78, 5) is 7.85. The van der Waals surface area contributed by atoms with Gasteiger partial charge in [0, 0.05) is 38.3 Å². The summed E-state index contributed by atoms with van der Waals surface area (Å²) in [6.45, 7) is 5.21. The van der Waals surface area contributed by atoms with Crippen molar-refractivity contribution in [3.05, 3.63) is 23.8 Å². The zero-order valence-electron chi connectivity index (χ0n) is 17.9. The summed E-state index contributed by atoms with van der Waals surface area (Å²) in [6.07, 6.45) is -5.16. The van der Waals surface area contributed by atoms with Gasteiger partial charge in [0.05, 0.1) is 20.8 Å². The zero-order valence-corrected chi connectivity index (χ0v) is 17.9. The lowest BCUT2D eigenvalue weighted by atomic mass is 10.1. The first-order valence-corrected chi connectivity index (χ1v) is 9.95. The van der Waals surface area contributed by atoms with Gasteiger partial charge in [0.2, 0.25) is 0 Å². The van der Waals surface area contributed by atoms with Crippen molar-refractivity contribution in [2.24, 2.45) is 4.99 Å². The van der Waals surface area contributed by atoms with Gasteiger partial charge in [0.15, 0.2) is 5.96 Å². The van der Waals surface area contributed by atoms with Gasteiger partial charge in [-0.2, -0.15) is 13.2 Å². The van der Waals surface area contributed by atoms with E-state index in [0.717, 1.165) is 0 Å². The normalized spacial score (nSPS) is 18.1. The first-order chi connectivity index (χ1) is 14.2. The summed E-state index contributed by atoms with van der Waals surface area (Å²) in [5.41, 5.74) is 0.556. The number of aliphatic hydroxyl groups is 1. The Bertz CT molecular complexity index is 707. The number of nitrogens with one attached hydrogen (secondary N) is 1. The van der Waals surface area contributed by atoms with Gasteiger partial charge in [-0.3, -0.25) is 9.89 Å². The summed E-state index contributed by atoms with van der Waals surface area (Å²) in [5.74, 6) is 1.69. The average Bonchev–Trinajstić information content (AvgIpc) is 2.74. The lowest BCUT2D eigenvalue weighted by molar-refractivity contribution is -0.181. The zero-order chi connectivity index (χ0) is 22.3. The number of ether oxygens (including phenoxy) is 2. The topological polar surface area (TPSA) is 69.6 Å². The van der Waals surface area contributed by atoms with Crippen molar-refractivity contribution in [3.8, 4) is 11.5 Å². The van der Waals surface area contributed by atoms with Crippen molar-refractivity contribution in [3.63, 3.8) is 0 Å². The molecule has 2 N–H and O–H groups in total. The average molecular weight is 432 g/mol. The van der Waals surface area contributed by atoms with Crippen LogP contribution in [0, 0.1) is 0 Å². The van der Waals surface area contributed by atoms with Crippen LogP contribution in [0.3, 0.4) is 0 Å². The van der Waals surface area contributed by atoms with E-state index < -0.39 is 18.3 Å². The molecule has 0 aromatic heterocycles. The van der Waals surface area contributed by atoms with Crippen LogP contribution in [0.15, 0.2) is 23.2 Å². The van der Waals surface area contributed by atoms with Gasteiger partial charge >= 0.3 is 6.18 Å². The monoisotopic (exact) mass is 432 g/mol. The Hall–Kier alpha value is -2.20. The van der Waals surface area contributed by atoms with Gasteiger partial charge in [-0.05, 0) is 32.0 Å². The molecule has 1 heterocycles. The Labute approximate surface area is 175 Å². The minimum atomic E-state index is -4.24. The first kappa shape index (κ1) is 24.1. The molecule has 170 valence electrons. The molecule has 1 aliphatic rings. The number of hydrogen-bond acceptors (Lipinski definition) is 5. The van der Waals surface area contributed by atoms with E-state index in [2.05, 4.69) is 10.3 Å². The fraction of sp³-hybridized carbons (Fsp3) is 0.650. The van der Waals surface area contributed by atoms with Gasteiger partial charge in [-0.15, -0.1) is 0 Å².